The van der Waals surface area contributed by atoms with Crippen molar-refractivity contribution in [3.8, 4) is 28.5 Å². The van der Waals surface area contributed by atoms with Crippen molar-refractivity contribution in [2.45, 2.75) is 12.8 Å². The molecule has 2 aromatic carbocycles. The summed E-state index contributed by atoms with van der Waals surface area (Å²) < 4.78 is 8.84. The smallest absolute Gasteiger partial charge is 0.251 e. The van der Waals surface area contributed by atoms with Gasteiger partial charge in [0, 0.05) is 6.54 Å². The fourth-order valence-electron chi connectivity index (χ4n) is 3.84. The number of hydrogen-bond acceptors (Lipinski definition) is 5. The average Bonchev–Trinajstić information content (AvgIpc) is 3.29. The summed E-state index contributed by atoms with van der Waals surface area (Å²) in [7, 11) is 1.50. The normalized spacial score (nSPS) is 12.4. The summed E-state index contributed by atoms with van der Waals surface area (Å²) >= 11 is 0. The molecule has 5 rings (SSSR count). The summed E-state index contributed by atoms with van der Waals surface area (Å²) in [4.78, 5) is 13.1. The highest BCUT2D eigenvalue weighted by atomic mass is 35.5. The minimum Gasteiger partial charge on any atom is -0.491 e. The van der Waals surface area contributed by atoms with E-state index < -0.39 is 0 Å². The van der Waals surface area contributed by atoms with Crippen molar-refractivity contribution in [1.29, 1.82) is 0 Å². The van der Waals surface area contributed by atoms with Crippen LogP contribution in [0.4, 0.5) is 5.69 Å². The monoisotopic (exact) mass is 435 g/mol. The standard InChI is InChI=1S/C23H21N5O2.ClH/c1-30-20-15-27(18-11-5-7-16-8-6-13-24-21(16)18)26-22(23(20)29)19-12-14-25-28(19)17-9-3-2-4-10-17;/h2-5,7,9-12,14-15,24H,6,8,13H2,1H3;1H. The molecular formula is C23H22ClN5O2. The number of methoxy groups -OCH3 is 1. The molecule has 0 spiro atoms. The Bertz CT molecular complexity index is 1270. The molecule has 158 valence electrons. The minimum atomic E-state index is -0.274. The fourth-order valence-corrected chi connectivity index (χ4v) is 3.84. The average molecular weight is 436 g/mol. The molecule has 2 aromatic heterocycles. The summed E-state index contributed by atoms with van der Waals surface area (Å²) in [6.07, 6.45) is 5.42. The Morgan fingerprint density at radius 3 is 2.71 bits per heavy atom. The van der Waals surface area contributed by atoms with E-state index in [1.54, 1.807) is 27.8 Å². The number of aromatic nitrogens is 4. The van der Waals surface area contributed by atoms with E-state index in [0.29, 0.717) is 5.69 Å². The van der Waals surface area contributed by atoms with Crippen molar-refractivity contribution in [2.24, 2.45) is 0 Å². The molecule has 7 nitrogen and oxygen atoms in total. The fraction of sp³-hybridized carbons (Fsp3) is 0.174. The maximum atomic E-state index is 13.1. The van der Waals surface area contributed by atoms with Gasteiger partial charge in [-0.3, -0.25) is 4.79 Å². The first-order valence-corrected chi connectivity index (χ1v) is 9.90. The second-order valence-corrected chi connectivity index (χ2v) is 7.13. The van der Waals surface area contributed by atoms with Crippen molar-refractivity contribution < 1.29 is 4.74 Å². The van der Waals surface area contributed by atoms with Gasteiger partial charge in [-0.2, -0.15) is 10.2 Å². The van der Waals surface area contributed by atoms with Gasteiger partial charge in [0.05, 0.1) is 42.3 Å². The molecule has 0 aliphatic carbocycles. The first-order valence-electron chi connectivity index (χ1n) is 9.90. The van der Waals surface area contributed by atoms with E-state index in [4.69, 9.17) is 9.84 Å². The number of halogens is 1. The van der Waals surface area contributed by atoms with Crippen molar-refractivity contribution in [3.63, 3.8) is 0 Å². The number of benzene rings is 2. The first-order chi connectivity index (χ1) is 14.8. The number of nitrogens with zero attached hydrogens (tertiary/aromatic N) is 4. The van der Waals surface area contributed by atoms with E-state index in [1.807, 2.05) is 42.5 Å². The van der Waals surface area contributed by atoms with Crippen molar-refractivity contribution in [2.75, 3.05) is 19.0 Å². The predicted octanol–water partition coefficient (Wildman–Crippen LogP) is 3.87. The predicted molar refractivity (Wildman–Crippen MR) is 123 cm³/mol. The van der Waals surface area contributed by atoms with Crippen LogP contribution in [0.5, 0.6) is 5.75 Å². The summed E-state index contributed by atoms with van der Waals surface area (Å²) in [5, 5.41) is 12.6. The number of anilines is 1. The zero-order chi connectivity index (χ0) is 20.5. The lowest BCUT2D eigenvalue weighted by Crippen LogP contribution is -2.20. The highest BCUT2D eigenvalue weighted by molar-refractivity contribution is 5.85. The molecule has 3 heterocycles. The zero-order valence-corrected chi connectivity index (χ0v) is 17.8. The van der Waals surface area contributed by atoms with Crippen LogP contribution >= 0.6 is 12.4 Å². The van der Waals surface area contributed by atoms with Crippen LogP contribution in [0.15, 0.2) is 71.8 Å². The Morgan fingerprint density at radius 2 is 1.90 bits per heavy atom. The molecule has 1 aliphatic heterocycles. The van der Waals surface area contributed by atoms with Gasteiger partial charge in [-0.05, 0) is 42.7 Å². The van der Waals surface area contributed by atoms with Gasteiger partial charge in [-0.1, -0.05) is 30.3 Å². The largest absolute Gasteiger partial charge is 0.491 e. The van der Waals surface area contributed by atoms with Crippen LogP contribution in [0, 0.1) is 0 Å². The van der Waals surface area contributed by atoms with Crippen molar-refractivity contribution >= 4 is 18.1 Å². The van der Waals surface area contributed by atoms with Crippen LogP contribution in [0.1, 0.15) is 12.0 Å². The number of nitrogens with one attached hydrogen (secondary N) is 1. The molecule has 0 radical (unpaired) electrons. The van der Waals surface area contributed by atoms with Gasteiger partial charge >= 0.3 is 0 Å². The Morgan fingerprint density at radius 1 is 1.06 bits per heavy atom. The van der Waals surface area contributed by atoms with E-state index in [2.05, 4.69) is 16.5 Å². The molecule has 0 saturated carbocycles. The van der Waals surface area contributed by atoms with Gasteiger partial charge in [-0.25, -0.2) is 9.36 Å². The molecule has 31 heavy (non-hydrogen) atoms. The third-order valence-electron chi connectivity index (χ3n) is 5.29. The Balaban J connectivity index is 0.00000231. The van der Waals surface area contributed by atoms with E-state index in [9.17, 15) is 4.79 Å². The molecule has 0 unspecified atom stereocenters. The summed E-state index contributed by atoms with van der Waals surface area (Å²) in [5.74, 6) is 0.231. The van der Waals surface area contributed by atoms with E-state index >= 15 is 0 Å². The quantitative estimate of drug-likeness (QED) is 0.526. The van der Waals surface area contributed by atoms with Crippen molar-refractivity contribution in [1.82, 2.24) is 19.6 Å². The van der Waals surface area contributed by atoms with Crippen LogP contribution in [0.3, 0.4) is 0 Å². The lowest BCUT2D eigenvalue weighted by Gasteiger charge is -2.22. The molecule has 0 bridgehead atoms. The van der Waals surface area contributed by atoms with Crippen molar-refractivity contribution in [3.05, 3.63) is 82.8 Å². The Kier molecular flexibility index (Phi) is 5.77. The maximum Gasteiger partial charge on any atom is 0.251 e. The molecule has 8 heteroatoms. The lowest BCUT2D eigenvalue weighted by molar-refractivity contribution is 0.405. The SMILES string of the molecule is COc1cn(-c2cccc3c2NCCC3)nc(-c2ccnn2-c2ccccc2)c1=O.Cl. The van der Waals surface area contributed by atoms with E-state index in [1.165, 1.54) is 12.7 Å². The summed E-state index contributed by atoms with van der Waals surface area (Å²) in [6, 6.07) is 17.6. The Labute approximate surface area is 185 Å². The van der Waals surface area contributed by atoms with E-state index in [0.717, 1.165) is 36.4 Å². The topological polar surface area (TPSA) is 74.0 Å². The molecule has 0 atom stereocenters. The highest BCUT2D eigenvalue weighted by Crippen LogP contribution is 2.29. The number of ether oxygens (including phenoxy) is 1. The van der Waals surface area contributed by atoms with Crippen LogP contribution in [0.25, 0.3) is 22.8 Å². The molecule has 4 aromatic rings. The van der Waals surface area contributed by atoms with Gasteiger partial charge in [0.25, 0.3) is 5.43 Å². The molecule has 0 saturated heterocycles. The lowest BCUT2D eigenvalue weighted by atomic mass is 10.0. The molecule has 1 aliphatic rings. The molecule has 0 fully saturated rings. The van der Waals surface area contributed by atoms with Gasteiger partial charge < -0.3 is 10.1 Å². The van der Waals surface area contributed by atoms with E-state index in [-0.39, 0.29) is 29.3 Å². The molecule has 1 N–H and O–H groups in total. The third-order valence-corrected chi connectivity index (χ3v) is 5.29. The second-order valence-electron chi connectivity index (χ2n) is 7.13. The number of hydrogen-bond donors (Lipinski definition) is 1. The molecule has 0 amide bonds. The van der Waals surface area contributed by atoms with Crippen LogP contribution in [-0.2, 0) is 6.42 Å². The Hall–Kier alpha value is -3.58. The van der Waals surface area contributed by atoms with Crippen LogP contribution in [-0.4, -0.2) is 33.2 Å². The number of rotatable bonds is 4. The number of fused-ring (bicyclic) bond motifs is 1. The summed E-state index contributed by atoms with van der Waals surface area (Å²) in [5.41, 5.74) is 4.65. The highest BCUT2D eigenvalue weighted by Gasteiger charge is 2.20. The second kappa shape index (κ2) is 8.65. The van der Waals surface area contributed by atoms with Gasteiger partial charge in [0.1, 0.15) is 0 Å². The van der Waals surface area contributed by atoms with Gasteiger partial charge in [-0.15, -0.1) is 12.4 Å². The number of para-hydroxylation sites is 2. The first kappa shape index (κ1) is 20.7. The third kappa shape index (κ3) is 3.68. The van der Waals surface area contributed by atoms with Gasteiger partial charge in [0.15, 0.2) is 11.4 Å². The number of aryl methyl sites for hydroxylation is 1. The zero-order valence-electron chi connectivity index (χ0n) is 17.0. The van der Waals surface area contributed by atoms with Crippen LogP contribution < -0.4 is 15.5 Å². The summed E-state index contributed by atoms with van der Waals surface area (Å²) in [6.45, 7) is 0.912. The van der Waals surface area contributed by atoms with Gasteiger partial charge in [0.2, 0.25) is 0 Å². The van der Waals surface area contributed by atoms with Crippen LogP contribution in [0.2, 0.25) is 0 Å². The minimum absolute atomic E-state index is 0. The maximum absolute atomic E-state index is 13.1. The molecular weight excluding hydrogens is 414 g/mol.